The van der Waals surface area contributed by atoms with Crippen LogP contribution in [0.3, 0.4) is 0 Å². The molecule has 0 spiro atoms. The first-order valence-corrected chi connectivity index (χ1v) is 9.35. The van der Waals surface area contributed by atoms with Gasteiger partial charge in [-0.2, -0.15) is 0 Å². The first-order valence-electron chi connectivity index (χ1n) is 9.35. The fourth-order valence-corrected chi connectivity index (χ4v) is 3.34. The van der Waals surface area contributed by atoms with Gasteiger partial charge in [0.2, 0.25) is 0 Å². The first kappa shape index (κ1) is 18.1. The second kappa shape index (κ2) is 7.76. The summed E-state index contributed by atoms with van der Waals surface area (Å²) in [6.07, 6.45) is 3.63. The molecule has 0 fully saturated rings. The summed E-state index contributed by atoms with van der Waals surface area (Å²) < 4.78 is 13.2. The number of hydrogen-bond donors (Lipinski definition) is 0. The van der Waals surface area contributed by atoms with E-state index in [0.717, 1.165) is 11.4 Å². The zero-order valence-corrected chi connectivity index (χ0v) is 16.0. The Balaban J connectivity index is 1.68. The van der Waals surface area contributed by atoms with Crippen molar-refractivity contribution in [3.05, 3.63) is 77.9 Å². The van der Waals surface area contributed by atoms with E-state index in [0.29, 0.717) is 36.8 Å². The Hall–Kier alpha value is -3.28. The van der Waals surface area contributed by atoms with Crippen molar-refractivity contribution in [1.82, 2.24) is 14.5 Å². The molecule has 1 atom stereocenters. The second-order valence-corrected chi connectivity index (χ2v) is 6.83. The van der Waals surface area contributed by atoms with Gasteiger partial charge in [-0.05, 0) is 30.7 Å². The molecule has 28 heavy (non-hydrogen) atoms. The lowest BCUT2D eigenvalue weighted by molar-refractivity contribution is 0.0665. The van der Waals surface area contributed by atoms with Crippen molar-refractivity contribution in [1.29, 1.82) is 0 Å². The lowest BCUT2D eigenvalue weighted by Gasteiger charge is -2.30. The third-order valence-electron chi connectivity index (χ3n) is 5.03. The molecule has 2 heterocycles. The summed E-state index contributed by atoms with van der Waals surface area (Å²) >= 11 is 0. The van der Waals surface area contributed by atoms with Gasteiger partial charge in [-0.3, -0.25) is 4.79 Å². The summed E-state index contributed by atoms with van der Waals surface area (Å²) in [6.45, 7) is 3.46. The zero-order chi connectivity index (χ0) is 19.5. The minimum absolute atomic E-state index is 0.0728. The van der Waals surface area contributed by atoms with E-state index in [1.807, 2.05) is 60.0 Å². The number of nitrogens with zero attached hydrogens (tertiary/aromatic N) is 3. The highest BCUT2D eigenvalue weighted by molar-refractivity contribution is 5.95. The number of rotatable bonds is 5. The van der Waals surface area contributed by atoms with Crippen LogP contribution >= 0.6 is 0 Å². The van der Waals surface area contributed by atoms with E-state index < -0.39 is 0 Å². The highest BCUT2D eigenvalue weighted by atomic mass is 16.6. The van der Waals surface area contributed by atoms with E-state index >= 15 is 0 Å². The van der Waals surface area contributed by atoms with Gasteiger partial charge in [0, 0.05) is 25.0 Å². The quantitative estimate of drug-likeness (QED) is 0.682. The number of ether oxygens (including phenoxy) is 2. The molecule has 0 saturated heterocycles. The van der Waals surface area contributed by atoms with E-state index in [1.165, 1.54) is 0 Å². The van der Waals surface area contributed by atoms with Crippen LogP contribution in [0.2, 0.25) is 0 Å². The highest BCUT2D eigenvalue weighted by Gasteiger charge is 2.25. The van der Waals surface area contributed by atoms with E-state index in [2.05, 4.69) is 4.98 Å². The molecule has 6 heteroatoms. The number of carbonyl (C=O) groups is 1. The molecule has 3 aromatic rings. The molecule has 0 saturated carbocycles. The Kier molecular flexibility index (Phi) is 5.02. The number of fused-ring (bicyclic) bond motifs is 1. The third-order valence-corrected chi connectivity index (χ3v) is 5.03. The molecule has 0 radical (unpaired) electrons. The lowest BCUT2D eigenvalue weighted by atomic mass is 10.0. The molecule has 2 aromatic carbocycles. The smallest absolute Gasteiger partial charge is 0.254 e. The topological polar surface area (TPSA) is 56.6 Å². The average Bonchev–Trinajstić information content (AvgIpc) is 3.15. The maximum absolute atomic E-state index is 13.5. The maximum atomic E-state index is 13.5. The molecular formula is C22H23N3O3. The van der Waals surface area contributed by atoms with Gasteiger partial charge in [0.25, 0.3) is 5.91 Å². The number of hydrogen-bond acceptors (Lipinski definition) is 4. The van der Waals surface area contributed by atoms with Crippen LogP contribution in [0.25, 0.3) is 0 Å². The molecule has 0 bridgehead atoms. The Bertz CT molecular complexity index is 968. The summed E-state index contributed by atoms with van der Waals surface area (Å²) in [7, 11) is 1.93. The van der Waals surface area contributed by atoms with Gasteiger partial charge in [0.05, 0.1) is 12.6 Å². The third kappa shape index (κ3) is 3.58. The molecular weight excluding hydrogens is 354 g/mol. The minimum atomic E-state index is -0.112. The fourth-order valence-electron chi connectivity index (χ4n) is 3.34. The van der Waals surface area contributed by atoms with Crippen LogP contribution in [0.4, 0.5) is 0 Å². The molecule has 6 nitrogen and oxygen atoms in total. The van der Waals surface area contributed by atoms with Crippen molar-refractivity contribution >= 4 is 5.91 Å². The minimum Gasteiger partial charge on any atom is -0.486 e. The van der Waals surface area contributed by atoms with Crippen molar-refractivity contribution in [2.45, 2.75) is 19.5 Å². The van der Waals surface area contributed by atoms with Crippen LogP contribution in [0.5, 0.6) is 11.5 Å². The van der Waals surface area contributed by atoms with Gasteiger partial charge in [0.15, 0.2) is 11.5 Å². The predicted molar refractivity (Wildman–Crippen MR) is 105 cm³/mol. The first-order chi connectivity index (χ1) is 13.6. The normalized spacial score (nSPS) is 13.8. The number of amides is 1. The molecule has 0 N–H and O–H groups in total. The monoisotopic (exact) mass is 377 g/mol. The zero-order valence-electron chi connectivity index (χ0n) is 16.0. The molecule has 4 rings (SSSR count). The van der Waals surface area contributed by atoms with Crippen molar-refractivity contribution < 1.29 is 14.3 Å². The standard InChI is InChI=1S/C22H23N3O3/c1-16(17-6-4-3-5-7-17)25(15-21-23-10-11-24(21)2)22(26)18-8-9-19-20(14-18)28-13-12-27-19/h3-11,14,16H,12-13,15H2,1-2H3. The van der Waals surface area contributed by atoms with Crippen LogP contribution in [0, 0.1) is 0 Å². The van der Waals surface area contributed by atoms with Gasteiger partial charge >= 0.3 is 0 Å². The van der Waals surface area contributed by atoms with Crippen molar-refractivity contribution in [3.63, 3.8) is 0 Å². The Morgan fingerprint density at radius 1 is 1.14 bits per heavy atom. The lowest BCUT2D eigenvalue weighted by Crippen LogP contribution is -2.34. The summed E-state index contributed by atoms with van der Waals surface area (Å²) in [5, 5.41) is 0. The number of aromatic nitrogens is 2. The average molecular weight is 377 g/mol. The summed E-state index contributed by atoms with van der Waals surface area (Å²) in [5.41, 5.74) is 1.64. The van der Waals surface area contributed by atoms with Crippen LogP contribution in [0.15, 0.2) is 60.9 Å². The molecule has 1 aliphatic heterocycles. The molecule has 1 unspecified atom stereocenters. The largest absolute Gasteiger partial charge is 0.486 e. The van der Waals surface area contributed by atoms with E-state index in [1.54, 1.807) is 24.4 Å². The highest BCUT2D eigenvalue weighted by Crippen LogP contribution is 2.32. The number of benzene rings is 2. The van der Waals surface area contributed by atoms with Crippen LogP contribution in [-0.4, -0.2) is 33.6 Å². The molecule has 144 valence electrons. The summed E-state index contributed by atoms with van der Waals surface area (Å²) in [6, 6.07) is 15.3. The van der Waals surface area contributed by atoms with E-state index in [4.69, 9.17) is 9.47 Å². The summed E-state index contributed by atoms with van der Waals surface area (Å²) in [4.78, 5) is 19.7. The Morgan fingerprint density at radius 2 is 1.89 bits per heavy atom. The van der Waals surface area contributed by atoms with Crippen molar-refractivity contribution in [3.8, 4) is 11.5 Å². The number of aryl methyl sites for hydroxylation is 1. The van der Waals surface area contributed by atoms with Gasteiger partial charge < -0.3 is 18.9 Å². The molecule has 1 aromatic heterocycles. The van der Waals surface area contributed by atoms with Crippen molar-refractivity contribution in [2.75, 3.05) is 13.2 Å². The van der Waals surface area contributed by atoms with Crippen molar-refractivity contribution in [2.24, 2.45) is 7.05 Å². The molecule has 0 aliphatic carbocycles. The maximum Gasteiger partial charge on any atom is 0.254 e. The van der Waals surface area contributed by atoms with Gasteiger partial charge in [0.1, 0.15) is 19.0 Å². The summed E-state index contributed by atoms with van der Waals surface area (Å²) in [5.74, 6) is 2.04. The van der Waals surface area contributed by atoms with E-state index in [9.17, 15) is 4.79 Å². The molecule has 1 aliphatic rings. The predicted octanol–water partition coefficient (Wildman–Crippen LogP) is 3.59. The Morgan fingerprint density at radius 3 is 2.61 bits per heavy atom. The SMILES string of the molecule is CC(c1ccccc1)N(Cc1nccn1C)C(=O)c1ccc2c(c1)OCCO2. The van der Waals surface area contributed by atoms with E-state index in [-0.39, 0.29) is 11.9 Å². The number of carbonyl (C=O) groups excluding carboxylic acids is 1. The van der Waals surface area contributed by atoms with Gasteiger partial charge in [-0.1, -0.05) is 30.3 Å². The van der Waals surface area contributed by atoms with Crippen LogP contribution in [0.1, 0.15) is 34.7 Å². The Labute approximate surface area is 164 Å². The second-order valence-electron chi connectivity index (χ2n) is 6.83. The van der Waals surface area contributed by atoms with Crippen LogP contribution < -0.4 is 9.47 Å². The van der Waals surface area contributed by atoms with Crippen LogP contribution in [-0.2, 0) is 13.6 Å². The number of imidazole rings is 1. The fraction of sp³-hybridized carbons (Fsp3) is 0.273. The molecule has 1 amide bonds. The van der Waals surface area contributed by atoms with Gasteiger partial charge in [-0.25, -0.2) is 4.98 Å². The van der Waals surface area contributed by atoms with Gasteiger partial charge in [-0.15, -0.1) is 0 Å².